The van der Waals surface area contributed by atoms with E-state index in [9.17, 15) is 24.3 Å². The fraction of sp³-hybridized carbons (Fsp3) is 0.556. The minimum atomic E-state index is -1.55. The fourth-order valence-electron chi connectivity index (χ4n) is 6.14. The van der Waals surface area contributed by atoms with E-state index in [2.05, 4.69) is 36.0 Å². The number of Topliss-reactive ketones (excluding diaryl/α,β-unsaturated/α-hetero) is 1. The third-order valence-corrected chi connectivity index (χ3v) is 9.28. The lowest BCUT2D eigenvalue weighted by atomic mass is 10.1. The van der Waals surface area contributed by atoms with Gasteiger partial charge in [-0.3, -0.25) is 19.2 Å². The number of halogens is 1. The largest absolute Gasteiger partial charge is 0.495 e. The van der Waals surface area contributed by atoms with Crippen LogP contribution in [0.5, 0.6) is 5.75 Å². The highest BCUT2D eigenvalue weighted by Crippen LogP contribution is 2.32. The van der Waals surface area contributed by atoms with E-state index in [1.165, 1.54) is 82.9 Å². The third kappa shape index (κ3) is 11.9. The number of nitrogens with zero attached hydrogens (tertiary/aromatic N) is 4. The summed E-state index contributed by atoms with van der Waals surface area (Å²) in [5.41, 5.74) is 1.09. The lowest BCUT2D eigenvalue weighted by molar-refractivity contribution is -0.126. The summed E-state index contributed by atoms with van der Waals surface area (Å²) in [5.74, 6) is -1.89. The summed E-state index contributed by atoms with van der Waals surface area (Å²) in [6, 6.07) is 5.80. The van der Waals surface area contributed by atoms with Crippen molar-refractivity contribution >= 4 is 46.5 Å². The van der Waals surface area contributed by atoms with E-state index in [1.807, 2.05) is 0 Å². The van der Waals surface area contributed by atoms with Gasteiger partial charge in [-0.15, -0.1) is 0 Å². The molecule has 2 heterocycles. The van der Waals surface area contributed by atoms with Crippen molar-refractivity contribution in [3.63, 3.8) is 0 Å². The zero-order valence-corrected chi connectivity index (χ0v) is 29.9. The Balaban J connectivity index is 1.48. The summed E-state index contributed by atoms with van der Waals surface area (Å²) in [6.45, 7) is 7.88. The Morgan fingerprint density at radius 2 is 1.38 bits per heavy atom. The standard InChI is InChI=1S/C36H50ClN7O6/c1-25(46)33(36(49)40-31-22-28(24-45)30(37)23-32(31)50-2)42-41-29-20-26(34(47)38-11-9-17-43-13-5-3-6-14-43)19-27(21-29)35(48)39-12-10-18-44-15-7-4-8-16-44/h19-23,33,45H,3-18,24H2,1-2H3,(H,38,47)(H,39,48)(H,40,49)/b42-41-. The molecule has 272 valence electrons. The van der Waals surface area contributed by atoms with Crippen molar-refractivity contribution in [3.05, 3.63) is 52.0 Å². The van der Waals surface area contributed by atoms with Crippen molar-refractivity contribution in [2.45, 2.75) is 70.9 Å². The van der Waals surface area contributed by atoms with Crippen molar-refractivity contribution in [1.82, 2.24) is 20.4 Å². The van der Waals surface area contributed by atoms with Gasteiger partial charge in [0.1, 0.15) is 5.75 Å². The lowest BCUT2D eigenvalue weighted by Gasteiger charge is -2.26. The molecule has 2 fully saturated rings. The molecule has 3 amide bonds. The van der Waals surface area contributed by atoms with Crippen molar-refractivity contribution in [2.24, 2.45) is 10.2 Å². The molecular weight excluding hydrogens is 662 g/mol. The maximum atomic E-state index is 13.3. The number of rotatable bonds is 17. The molecule has 0 radical (unpaired) electrons. The van der Waals surface area contributed by atoms with E-state index in [-0.39, 0.29) is 51.7 Å². The number of nitrogens with one attached hydrogen (secondary N) is 3. The van der Waals surface area contributed by atoms with Crippen LogP contribution in [-0.2, 0) is 16.2 Å². The molecule has 2 aliphatic heterocycles. The average Bonchev–Trinajstić information content (AvgIpc) is 3.12. The molecular formula is C36H50ClN7O6. The zero-order valence-electron chi connectivity index (χ0n) is 29.1. The van der Waals surface area contributed by atoms with Crippen LogP contribution in [0.2, 0.25) is 5.02 Å². The summed E-state index contributed by atoms with van der Waals surface area (Å²) in [6.07, 6.45) is 8.90. The van der Waals surface area contributed by atoms with E-state index < -0.39 is 17.7 Å². The first-order valence-electron chi connectivity index (χ1n) is 17.5. The second-order valence-electron chi connectivity index (χ2n) is 12.8. The number of carbonyl (C=O) groups is 4. The quantitative estimate of drug-likeness (QED) is 0.104. The predicted molar refractivity (Wildman–Crippen MR) is 192 cm³/mol. The number of carbonyl (C=O) groups excluding carboxylic acids is 4. The van der Waals surface area contributed by atoms with Gasteiger partial charge in [-0.2, -0.15) is 10.2 Å². The maximum absolute atomic E-state index is 13.3. The first-order valence-corrected chi connectivity index (χ1v) is 17.9. The number of benzene rings is 2. The number of likely N-dealkylation sites (tertiary alicyclic amines) is 2. The van der Waals surface area contributed by atoms with Crippen LogP contribution in [0, 0.1) is 0 Å². The summed E-state index contributed by atoms with van der Waals surface area (Å²) >= 11 is 6.15. The summed E-state index contributed by atoms with van der Waals surface area (Å²) < 4.78 is 5.30. The van der Waals surface area contributed by atoms with Gasteiger partial charge in [0.25, 0.3) is 17.7 Å². The van der Waals surface area contributed by atoms with Crippen LogP contribution in [0.25, 0.3) is 0 Å². The molecule has 1 atom stereocenters. The predicted octanol–water partition coefficient (Wildman–Crippen LogP) is 4.73. The van der Waals surface area contributed by atoms with Crippen LogP contribution in [0.15, 0.2) is 40.6 Å². The molecule has 50 heavy (non-hydrogen) atoms. The van der Waals surface area contributed by atoms with E-state index in [4.69, 9.17) is 16.3 Å². The van der Waals surface area contributed by atoms with E-state index in [1.54, 1.807) is 0 Å². The van der Waals surface area contributed by atoms with Crippen LogP contribution in [-0.4, -0.2) is 104 Å². The van der Waals surface area contributed by atoms with Crippen LogP contribution in [0.3, 0.4) is 0 Å². The zero-order chi connectivity index (χ0) is 35.9. The number of ketones is 1. The number of amides is 3. The average molecular weight is 712 g/mol. The van der Waals surface area contributed by atoms with Crippen molar-refractivity contribution in [2.75, 3.05) is 64.8 Å². The Kier molecular flexibility index (Phi) is 15.6. The monoisotopic (exact) mass is 711 g/mol. The highest BCUT2D eigenvalue weighted by molar-refractivity contribution is 6.31. The Morgan fingerprint density at radius 1 is 0.840 bits per heavy atom. The third-order valence-electron chi connectivity index (χ3n) is 8.93. The molecule has 0 spiro atoms. The van der Waals surface area contributed by atoms with Crippen LogP contribution >= 0.6 is 11.6 Å². The molecule has 2 aliphatic rings. The smallest absolute Gasteiger partial charge is 0.258 e. The molecule has 1 unspecified atom stereocenters. The second kappa shape index (κ2) is 20.1. The van der Waals surface area contributed by atoms with Gasteiger partial charge in [0.15, 0.2) is 5.78 Å². The first kappa shape index (κ1) is 38.9. The fourth-order valence-corrected chi connectivity index (χ4v) is 6.36. The molecule has 14 heteroatoms. The van der Waals surface area contributed by atoms with Crippen molar-refractivity contribution < 1.29 is 29.0 Å². The minimum absolute atomic E-state index is 0.134. The molecule has 4 N–H and O–H groups in total. The first-order chi connectivity index (χ1) is 24.2. The molecule has 2 saturated heterocycles. The van der Waals surface area contributed by atoms with Gasteiger partial charge in [0, 0.05) is 35.3 Å². The molecule has 0 aliphatic carbocycles. The van der Waals surface area contributed by atoms with Gasteiger partial charge in [0.05, 0.1) is 25.1 Å². The van der Waals surface area contributed by atoms with Crippen LogP contribution in [0.4, 0.5) is 11.4 Å². The van der Waals surface area contributed by atoms with Crippen LogP contribution < -0.4 is 20.7 Å². The number of hydrogen-bond acceptors (Lipinski definition) is 10. The number of hydrogen-bond donors (Lipinski definition) is 4. The highest BCUT2D eigenvalue weighted by atomic mass is 35.5. The number of anilines is 1. The Hall–Kier alpha value is -3.91. The minimum Gasteiger partial charge on any atom is -0.495 e. The normalized spacial score (nSPS) is 16.2. The highest BCUT2D eigenvalue weighted by Gasteiger charge is 2.25. The summed E-state index contributed by atoms with van der Waals surface area (Å²) in [7, 11) is 1.39. The summed E-state index contributed by atoms with van der Waals surface area (Å²) in [4.78, 5) is 57.1. The van der Waals surface area contributed by atoms with Crippen molar-refractivity contribution in [3.8, 4) is 5.75 Å². The molecule has 2 aromatic carbocycles. The van der Waals surface area contributed by atoms with E-state index in [0.29, 0.717) is 18.7 Å². The van der Waals surface area contributed by atoms with E-state index >= 15 is 0 Å². The Bertz CT molecular complexity index is 1450. The topological polar surface area (TPSA) is 165 Å². The van der Waals surface area contributed by atoms with Gasteiger partial charge < -0.3 is 35.6 Å². The van der Waals surface area contributed by atoms with Gasteiger partial charge in [-0.1, -0.05) is 24.4 Å². The number of piperidine rings is 2. The number of ether oxygens (including phenoxy) is 1. The van der Waals surface area contributed by atoms with Gasteiger partial charge in [-0.05, 0) is 115 Å². The van der Waals surface area contributed by atoms with Gasteiger partial charge in [-0.25, -0.2) is 0 Å². The van der Waals surface area contributed by atoms with Gasteiger partial charge in [0.2, 0.25) is 6.04 Å². The van der Waals surface area contributed by atoms with E-state index in [0.717, 1.165) is 52.1 Å². The Morgan fingerprint density at radius 3 is 1.86 bits per heavy atom. The van der Waals surface area contributed by atoms with Gasteiger partial charge >= 0.3 is 0 Å². The molecule has 13 nitrogen and oxygen atoms in total. The molecule has 2 aromatic rings. The molecule has 0 aromatic heterocycles. The Labute approximate surface area is 299 Å². The SMILES string of the molecule is COc1cc(Cl)c(CO)cc1NC(=O)C(/N=N\c1cc(C(=O)NCCCN2CCCCC2)cc(C(=O)NCCCN2CCCCC2)c1)C(C)=O. The second-order valence-corrected chi connectivity index (χ2v) is 13.2. The molecule has 0 saturated carbocycles. The van der Waals surface area contributed by atoms with Crippen molar-refractivity contribution in [1.29, 1.82) is 0 Å². The number of methoxy groups -OCH3 is 1. The number of azo groups is 1. The summed E-state index contributed by atoms with van der Waals surface area (Å²) in [5, 5.41) is 26.5. The molecule has 4 rings (SSSR count). The lowest BCUT2D eigenvalue weighted by Crippen LogP contribution is -2.33. The number of aliphatic hydroxyl groups is 1. The molecule has 0 bridgehead atoms. The van der Waals surface area contributed by atoms with Crippen LogP contribution in [0.1, 0.15) is 84.6 Å². The number of aliphatic hydroxyl groups excluding tert-OH is 1. The maximum Gasteiger partial charge on any atom is 0.258 e.